The standard InChI is InChI=1S/C25H23F2NO4/c1-25(2,24(30)31)32-20-11-8-16(9-12-20)6-7-17-4-3-5-19(14-17)28-23(29)21-13-10-18(26)15-22(21)27/h3-5,8-15H,6-7H2,1-2H3,(H,28,29)(H,30,31). The van der Waals surface area contributed by atoms with E-state index in [1.807, 2.05) is 18.2 Å². The average Bonchev–Trinajstić information content (AvgIpc) is 2.73. The van der Waals surface area contributed by atoms with Crippen molar-refractivity contribution in [2.45, 2.75) is 32.3 Å². The van der Waals surface area contributed by atoms with Gasteiger partial charge in [0.1, 0.15) is 17.4 Å². The van der Waals surface area contributed by atoms with E-state index in [0.29, 0.717) is 30.3 Å². The van der Waals surface area contributed by atoms with E-state index in [9.17, 15) is 18.4 Å². The van der Waals surface area contributed by atoms with E-state index in [-0.39, 0.29) is 5.56 Å². The lowest BCUT2D eigenvalue weighted by Crippen LogP contribution is -2.37. The van der Waals surface area contributed by atoms with Crippen LogP contribution in [0, 0.1) is 11.6 Å². The minimum absolute atomic E-state index is 0.231. The number of benzene rings is 3. The maximum atomic E-state index is 13.8. The maximum Gasteiger partial charge on any atom is 0.347 e. The number of hydrogen-bond acceptors (Lipinski definition) is 3. The van der Waals surface area contributed by atoms with Gasteiger partial charge in [-0.3, -0.25) is 4.79 Å². The molecule has 0 atom stereocenters. The Labute approximate surface area is 184 Å². The summed E-state index contributed by atoms with van der Waals surface area (Å²) in [5.74, 6) is -2.89. The molecular formula is C25H23F2NO4. The number of carbonyl (C=O) groups excluding carboxylic acids is 1. The molecule has 166 valence electrons. The van der Waals surface area contributed by atoms with E-state index in [1.165, 1.54) is 13.8 Å². The highest BCUT2D eigenvalue weighted by Crippen LogP contribution is 2.21. The minimum atomic E-state index is -1.32. The fourth-order valence-electron chi connectivity index (χ4n) is 3.03. The number of halogens is 2. The van der Waals surface area contributed by atoms with Crippen LogP contribution in [-0.2, 0) is 17.6 Å². The van der Waals surface area contributed by atoms with Crippen LogP contribution in [0.1, 0.15) is 35.3 Å². The third kappa shape index (κ3) is 5.91. The number of anilines is 1. The van der Waals surface area contributed by atoms with Gasteiger partial charge < -0.3 is 15.2 Å². The van der Waals surface area contributed by atoms with Gasteiger partial charge in [-0.05, 0) is 74.2 Å². The summed E-state index contributed by atoms with van der Waals surface area (Å²) in [6, 6.07) is 17.2. The number of nitrogens with one attached hydrogen (secondary N) is 1. The normalized spacial score (nSPS) is 11.1. The topological polar surface area (TPSA) is 75.6 Å². The molecular weight excluding hydrogens is 416 g/mol. The second-order valence-corrected chi connectivity index (χ2v) is 7.84. The number of carboxylic acids is 1. The number of ether oxygens (including phenoxy) is 1. The van der Waals surface area contributed by atoms with Crippen LogP contribution in [0.5, 0.6) is 5.75 Å². The van der Waals surface area contributed by atoms with Gasteiger partial charge in [0, 0.05) is 11.8 Å². The molecule has 1 amide bonds. The quantitative estimate of drug-likeness (QED) is 0.503. The van der Waals surface area contributed by atoms with Crippen molar-refractivity contribution in [1.82, 2.24) is 0 Å². The lowest BCUT2D eigenvalue weighted by molar-refractivity contribution is -0.152. The van der Waals surface area contributed by atoms with Crippen molar-refractivity contribution in [3.63, 3.8) is 0 Å². The Bertz CT molecular complexity index is 1130. The van der Waals surface area contributed by atoms with Crippen molar-refractivity contribution in [3.8, 4) is 5.75 Å². The van der Waals surface area contributed by atoms with Crippen LogP contribution in [0.15, 0.2) is 66.7 Å². The Hall–Kier alpha value is -3.74. The molecule has 2 N–H and O–H groups in total. The molecule has 3 aromatic carbocycles. The van der Waals surface area contributed by atoms with E-state index in [4.69, 9.17) is 9.84 Å². The van der Waals surface area contributed by atoms with Crippen LogP contribution in [0.4, 0.5) is 14.5 Å². The van der Waals surface area contributed by atoms with Gasteiger partial charge in [0.2, 0.25) is 0 Å². The number of hydrogen-bond donors (Lipinski definition) is 2. The van der Waals surface area contributed by atoms with E-state index >= 15 is 0 Å². The zero-order valence-electron chi connectivity index (χ0n) is 17.7. The molecule has 0 saturated carbocycles. The lowest BCUT2D eigenvalue weighted by Gasteiger charge is -2.21. The third-order valence-electron chi connectivity index (χ3n) is 4.87. The molecule has 0 spiro atoms. The molecule has 0 bridgehead atoms. The van der Waals surface area contributed by atoms with Crippen molar-refractivity contribution in [2.24, 2.45) is 0 Å². The third-order valence-corrected chi connectivity index (χ3v) is 4.87. The fraction of sp³-hybridized carbons (Fsp3) is 0.200. The number of aryl methyl sites for hydroxylation is 2. The number of rotatable bonds is 8. The molecule has 0 aliphatic rings. The highest BCUT2D eigenvalue weighted by Gasteiger charge is 2.29. The summed E-state index contributed by atoms with van der Waals surface area (Å²) >= 11 is 0. The van der Waals surface area contributed by atoms with Gasteiger partial charge in [-0.15, -0.1) is 0 Å². The number of aliphatic carboxylic acids is 1. The first-order valence-corrected chi connectivity index (χ1v) is 10.0. The van der Waals surface area contributed by atoms with E-state index < -0.39 is 29.1 Å². The van der Waals surface area contributed by atoms with Gasteiger partial charge in [0.25, 0.3) is 5.91 Å². The van der Waals surface area contributed by atoms with Gasteiger partial charge in [0.15, 0.2) is 5.60 Å². The molecule has 7 heteroatoms. The first-order valence-electron chi connectivity index (χ1n) is 10.0. The summed E-state index contributed by atoms with van der Waals surface area (Å²) in [7, 11) is 0. The van der Waals surface area contributed by atoms with Crippen LogP contribution in [0.3, 0.4) is 0 Å². The smallest absolute Gasteiger partial charge is 0.347 e. The van der Waals surface area contributed by atoms with Gasteiger partial charge >= 0.3 is 5.97 Å². The van der Waals surface area contributed by atoms with Crippen LogP contribution >= 0.6 is 0 Å². The molecule has 3 aromatic rings. The van der Waals surface area contributed by atoms with Gasteiger partial charge in [-0.25, -0.2) is 13.6 Å². The van der Waals surface area contributed by atoms with Crippen molar-refractivity contribution in [2.75, 3.05) is 5.32 Å². The monoisotopic (exact) mass is 439 g/mol. The highest BCUT2D eigenvalue weighted by molar-refractivity contribution is 6.04. The summed E-state index contributed by atoms with van der Waals surface area (Å²) in [6.45, 7) is 2.97. The van der Waals surface area contributed by atoms with Crippen molar-refractivity contribution in [3.05, 3.63) is 95.1 Å². The maximum absolute atomic E-state index is 13.8. The van der Waals surface area contributed by atoms with Crippen molar-refractivity contribution >= 4 is 17.6 Å². The summed E-state index contributed by atoms with van der Waals surface area (Å²) in [6.07, 6.45) is 1.40. The summed E-state index contributed by atoms with van der Waals surface area (Å²) in [4.78, 5) is 23.5. The van der Waals surface area contributed by atoms with Crippen LogP contribution in [-0.4, -0.2) is 22.6 Å². The minimum Gasteiger partial charge on any atom is -0.478 e. The molecule has 0 heterocycles. The molecule has 32 heavy (non-hydrogen) atoms. The predicted molar refractivity (Wildman–Crippen MR) is 117 cm³/mol. The Morgan fingerprint density at radius 2 is 1.62 bits per heavy atom. The Morgan fingerprint density at radius 1 is 0.938 bits per heavy atom. The van der Waals surface area contributed by atoms with Crippen molar-refractivity contribution in [1.29, 1.82) is 0 Å². The summed E-state index contributed by atoms with van der Waals surface area (Å²) < 4.78 is 32.3. The molecule has 0 saturated heterocycles. The summed E-state index contributed by atoms with van der Waals surface area (Å²) in [5.41, 5.74) is 0.965. The zero-order valence-corrected chi connectivity index (χ0v) is 17.7. The fourth-order valence-corrected chi connectivity index (χ4v) is 3.03. The Kier molecular flexibility index (Phi) is 6.88. The molecule has 0 aliphatic heterocycles. The van der Waals surface area contributed by atoms with Crippen LogP contribution in [0.25, 0.3) is 0 Å². The second kappa shape index (κ2) is 9.60. The number of carbonyl (C=O) groups is 2. The Balaban J connectivity index is 1.60. The van der Waals surface area contributed by atoms with Crippen LogP contribution in [0.2, 0.25) is 0 Å². The SMILES string of the molecule is CC(C)(Oc1ccc(CCc2cccc(NC(=O)c3ccc(F)cc3F)c2)cc1)C(=O)O. The molecule has 5 nitrogen and oxygen atoms in total. The van der Waals surface area contributed by atoms with Gasteiger partial charge in [-0.1, -0.05) is 24.3 Å². The van der Waals surface area contributed by atoms with E-state index in [0.717, 1.165) is 23.3 Å². The number of carboxylic acid groups (broad SMARTS) is 1. The summed E-state index contributed by atoms with van der Waals surface area (Å²) in [5, 5.41) is 11.8. The predicted octanol–water partition coefficient (Wildman–Crippen LogP) is 5.24. The first kappa shape index (κ1) is 22.9. The van der Waals surface area contributed by atoms with Gasteiger partial charge in [0.05, 0.1) is 5.56 Å². The molecule has 0 aromatic heterocycles. The van der Waals surface area contributed by atoms with E-state index in [2.05, 4.69) is 5.32 Å². The highest BCUT2D eigenvalue weighted by atomic mass is 19.1. The van der Waals surface area contributed by atoms with Crippen molar-refractivity contribution < 1.29 is 28.2 Å². The molecule has 0 radical (unpaired) electrons. The molecule has 3 rings (SSSR count). The average molecular weight is 439 g/mol. The van der Waals surface area contributed by atoms with Crippen LogP contribution < -0.4 is 10.1 Å². The first-order chi connectivity index (χ1) is 15.1. The molecule has 0 fully saturated rings. The molecule has 0 aliphatic carbocycles. The molecule has 0 unspecified atom stereocenters. The Morgan fingerprint density at radius 3 is 2.28 bits per heavy atom. The second-order valence-electron chi connectivity index (χ2n) is 7.84. The zero-order chi connectivity index (χ0) is 23.3. The van der Waals surface area contributed by atoms with E-state index in [1.54, 1.807) is 30.3 Å². The van der Waals surface area contributed by atoms with Gasteiger partial charge in [-0.2, -0.15) is 0 Å². The lowest BCUT2D eigenvalue weighted by atomic mass is 10.0. The largest absolute Gasteiger partial charge is 0.478 e. The number of amides is 1.